The molecule has 0 atom stereocenters. The SMILES string of the molecule is Clc1nc(-c2ccc3c(c2)OCCO3)nc2c1CSC2. The van der Waals surface area contributed by atoms with Crippen LogP contribution in [0.5, 0.6) is 11.5 Å². The second-order valence-corrected chi connectivity index (χ2v) is 5.96. The summed E-state index contributed by atoms with van der Waals surface area (Å²) in [5.41, 5.74) is 3.01. The molecule has 0 amide bonds. The third kappa shape index (κ3) is 2.01. The van der Waals surface area contributed by atoms with E-state index in [9.17, 15) is 0 Å². The molecular weight excluding hydrogens is 296 g/mol. The molecule has 1 aromatic heterocycles. The van der Waals surface area contributed by atoms with Gasteiger partial charge in [0.2, 0.25) is 0 Å². The molecule has 6 heteroatoms. The van der Waals surface area contributed by atoms with Crippen molar-refractivity contribution in [2.24, 2.45) is 0 Å². The van der Waals surface area contributed by atoms with E-state index in [0.29, 0.717) is 24.2 Å². The molecule has 2 aliphatic heterocycles. The van der Waals surface area contributed by atoms with Crippen molar-refractivity contribution >= 4 is 23.4 Å². The average Bonchev–Trinajstić information content (AvgIpc) is 2.96. The highest BCUT2D eigenvalue weighted by Gasteiger charge is 2.20. The van der Waals surface area contributed by atoms with E-state index >= 15 is 0 Å². The first-order valence-corrected chi connectivity index (χ1v) is 7.87. The monoisotopic (exact) mass is 306 g/mol. The fourth-order valence-corrected chi connectivity index (χ4v) is 3.70. The predicted molar refractivity (Wildman–Crippen MR) is 78.5 cm³/mol. The molecule has 102 valence electrons. The Bertz CT molecular complexity index is 693. The molecule has 4 rings (SSSR count). The molecule has 0 radical (unpaired) electrons. The summed E-state index contributed by atoms with van der Waals surface area (Å²) in [6.45, 7) is 1.16. The number of hydrogen-bond donors (Lipinski definition) is 0. The molecule has 2 aromatic rings. The van der Waals surface area contributed by atoms with Gasteiger partial charge in [0, 0.05) is 22.6 Å². The summed E-state index contributed by atoms with van der Waals surface area (Å²) in [5.74, 6) is 3.95. The Labute approximate surface area is 125 Å². The van der Waals surface area contributed by atoms with E-state index in [2.05, 4.69) is 9.97 Å². The van der Waals surface area contributed by atoms with Crippen LogP contribution in [0.4, 0.5) is 0 Å². The fourth-order valence-electron chi connectivity index (χ4n) is 2.32. The van der Waals surface area contributed by atoms with E-state index in [1.165, 1.54) is 0 Å². The van der Waals surface area contributed by atoms with Crippen LogP contribution in [0.25, 0.3) is 11.4 Å². The van der Waals surface area contributed by atoms with Gasteiger partial charge in [-0.2, -0.15) is 11.8 Å². The molecule has 0 saturated heterocycles. The normalized spacial score (nSPS) is 16.1. The molecule has 0 saturated carbocycles. The molecule has 0 N–H and O–H groups in total. The zero-order chi connectivity index (χ0) is 13.5. The Kier molecular flexibility index (Phi) is 2.97. The van der Waals surface area contributed by atoms with Crippen molar-refractivity contribution < 1.29 is 9.47 Å². The fraction of sp³-hybridized carbons (Fsp3) is 0.286. The molecule has 0 unspecified atom stereocenters. The van der Waals surface area contributed by atoms with Crippen molar-refractivity contribution in [1.82, 2.24) is 9.97 Å². The number of benzene rings is 1. The number of ether oxygens (including phenoxy) is 2. The standard InChI is InChI=1S/C14H11ClN2O2S/c15-13-9-6-20-7-10(9)16-14(17-13)8-1-2-11-12(5-8)19-4-3-18-11/h1-2,5H,3-4,6-7H2. The lowest BCUT2D eigenvalue weighted by molar-refractivity contribution is 0.171. The van der Waals surface area contributed by atoms with Gasteiger partial charge in [-0.1, -0.05) is 11.6 Å². The Morgan fingerprint density at radius 3 is 2.80 bits per heavy atom. The van der Waals surface area contributed by atoms with Crippen LogP contribution in [0.3, 0.4) is 0 Å². The number of fused-ring (bicyclic) bond motifs is 2. The molecule has 1 aromatic carbocycles. The van der Waals surface area contributed by atoms with Crippen LogP contribution in [-0.4, -0.2) is 23.2 Å². The van der Waals surface area contributed by atoms with Gasteiger partial charge in [0.1, 0.15) is 18.4 Å². The van der Waals surface area contributed by atoms with Gasteiger partial charge in [0.15, 0.2) is 17.3 Å². The van der Waals surface area contributed by atoms with Crippen LogP contribution >= 0.6 is 23.4 Å². The average molecular weight is 307 g/mol. The maximum Gasteiger partial charge on any atom is 0.162 e. The molecule has 4 nitrogen and oxygen atoms in total. The lowest BCUT2D eigenvalue weighted by atomic mass is 10.1. The summed E-state index contributed by atoms with van der Waals surface area (Å²) >= 11 is 8.06. The zero-order valence-electron chi connectivity index (χ0n) is 10.6. The van der Waals surface area contributed by atoms with Crippen molar-refractivity contribution in [3.05, 3.63) is 34.6 Å². The van der Waals surface area contributed by atoms with Crippen LogP contribution < -0.4 is 9.47 Å². The van der Waals surface area contributed by atoms with E-state index in [0.717, 1.165) is 39.8 Å². The summed E-state index contributed by atoms with van der Waals surface area (Å²) in [6, 6.07) is 5.74. The number of hydrogen-bond acceptors (Lipinski definition) is 5. The van der Waals surface area contributed by atoms with Gasteiger partial charge in [-0.05, 0) is 18.2 Å². The largest absolute Gasteiger partial charge is 0.486 e. The van der Waals surface area contributed by atoms with Crippen LogP contribution in [0.1, 0.15) is 11.3 Å². The second kappa shape index (κ2) is 4.82. The third-order valence-corrected chi connectivity index (χ3v) is 4.61. The maximum atomic E-state index is 6.25. The first-order chi connectivity index (χ1) is 9.81. The Hall–Kier alpha value is -1.46. The molecule has 0 spiro atoms. The molecule has 20 heavy (non-hydrogen) atoms. The maximum absolute atomic E-state index is 6.25. The number of thioether (sulfide) groups is 1. The van der Waals surface area contributed by atoms with E-state index in [4.69, 9.17) is 21.1 Å². The van der Waals surface area contributed by atoms with Crippen molar-refractivity contribution in [2.75, 3.05) is 13.2 Å². The van der Waals surface area contributed by atoms with Gasteiger partial charge in [0.05, 0.1) is 5.69 Å². The lowest BCUT2D eigenvalue weighted by Gasteiger charge is -2.18. The van der Waals surface area contributed by atoms with Crippen molar-refractivity contribution in [3.8, 4) is 22.9 Å². The highest BCUT2D eigenvalue weighted by molar-refractivity contribution is 7.98. The Morgan fingerprint density at radius 2 is 1.90 bits per heavy atom. The Balaban J connectivity index is 1.79. The molecule has 0 bridgehead atoms. The minimum absolute atomic E-state index is 0.560. The molecule has 0 fully saturated rings. The molecular formula is C14H11ClN2O2S. The van der Waals surface area contributed by atoms with Gasteiger partial charge in [-0.15, -0.1) is 0 Å². The van der Waals surface area contributed by atoms with Crippen molar-refractivity contribution in [3.63, 3.8) is 0 Å². The number of halogens is 1. The summed E-state index contributed by atoms with van der Waals surface area (Å²) in [6.07, 6.45) is 0. The van der Waals surface area contributed by atoms with Crippen molar-refractivity contribution in [2.45, 2.75) is 11.5 Å². The lowest BCUT2D eigenvalue weighted by Crippen LogP contribution is -2.15. The first-order valence-electron chi connectivity index (χ1n) is 6.34. The van der Waals surface area contributed by atoms with E-state index in [-0.39, 0.29) is 0 Å². The van der Waals surface area contributed by atoms with Crippen LogP contribution in [-0.2, 0) is 11.5 Å². The number of nitrogens with zero attached hydrogens (tertiary/aromatic N) is 2. The first kappa shape index (κ1) is 12.3. The van der Waals surface area contributed by atoms with Crippen molar-refractivity contribution in [1.29, 1.82) is 0 Å². The summed E-state index contributed by atoms with van der Waals surface area (Å²) < 4.78 is 11.1. The predicted octanol–water partition coefficient (Wildman–Crippen LogP) is 3.32. The van der Waals surface area contributed by atoms with Gasteiger partial charge < -0.3 is 9.47 Å². The summed E-state index contributed by atoms with van der Waals surface area (Å²) in [7, 11) is 0. The highest BCUT2D eigenvalue weighted by atomic mass is 35.5. The Morgan fingerprint density at radius 1 is 1.05 bits per heavy atom. The van der Waals surface area contributed by atoms with E-state index in [1.807, 2.05) is 30.0 Å². The van der Waals surface area contributed by atoms with E-state index in [1.54, 1.807) is 0 Å². The van der Waals surface area contributed by atoms with Gasteiger partial charge in [0.25, 0.3) is 0 Å². The zero-order valence-corrected chi connectivity index (χ0v) is 12.1. The van der Waals surface area contributed by atoms with Crippen LogP contribution in [0, 0.1) is 0 Å². The molecule has 3 heterocycles. The highest BCUT2D eigenvalue weighted by Crippen LogP contribution is 2.37. The molecule has 2 aliphatic rings. The van der Waals surface area contributed by atoms with Gasteiger partial charge >= 0.3 is 0 Å². The smallest absolute Gasteiger partial charge is 0.162 e. The topological polar surface area (TPSA) is 44.2 Å². The second-order valence-electron chi connectivity index (χ2n) is 4.61. The minimum atomic E-state index is 0.560. The van der Waals surface area contributed by atoms with Crippen LogP contribution in [0.15, 0.2) is 18.2 Å². The minimum Gasteiger partial charge on any atom is -0.486 e. The number of aromatic nitrogens is 2. The van der Waals surface area contributed by atoms with Gasteiger partial charge in [-0.3, -0.25) is 0 Å². The third-order valence-electron chi connectivity index (χ3n) is 3.33. The molecule has 0 aliphatic carbocycles. The quantitative estimate of drug-likeness (QED) is 0.756. The number of rotatable bonds is 1. The van der Waals surface area contributed by atoms with E-state index < -0.39 is 0 Å². The van der Waals surface area contributed by atoms with Gasteiger partial charge in [-0.25, -0.2) is 9.97 Å². The summed E-state index contributed by atoms with van der Waals surface area (Å²) in [5, 5.41) is 0.560. The summed E-state index contributed by atoms with van der Waals surface area (Å²) in [4.78, 5) is 9.03. The van der Waals surface area contributed by atoms with Crippen LogP contribution in [0.2, 0.25) is 5.15 Å².